The Morgan fingerprint density at radius 3 is 2.37 bits per heavy atom. The summed E-state index contributed by atoms with van der Waals surface area (Å²) in [5, 5.41) is 2.69. The highest BCUT2D eigenvalue weighted by atomic mass is 16.7. The van der Waals surface area contributed by atoms with Crippen LogP contribution in [0.1, 0.15) is 33.7 Å². The van der Waals surface area contributed by atoms with Crippen LogP contribution in [0.5, 0.6) is 0 Å². The molecule has 1 aromatic carbocycles. The molecule has 0 aliphatic carbocycles. The lowest BCUT2D eigenvalue weighted by molar-refractivity contribution is -0.181. The third-order valence-electron chi connectivity index (χ3n) is 4.79. The van der Waals surface area contributed by atoms with Crippen molar-refractivity contribution in [2.75, 3.05) is 31.6 Å². The zero-order valence-electron chi connectivity index (χ0n) is 14.8. The molecule has 4 rings (SSSR count). The molecular weight excluding hydrogens is 348 g/mol. The highest BCUT2D eigenvalue weighted by Gasteiger charge is 2.41. The molecule has 27 heavy (non-hydrogen) atoms. The molecule has 1 aromatic heterocycles. The molecule has 2 saturated heterocycles. The second-order valence-electron chi connectivity index (χ2n) is 6.47. The van der Waals surface area contributed by atoms with Gasteiger partial charge in [-0.25, -0.2) is 9.97 Å². The van der Waals surface area contributed by atoms with E-state index in [9.17, 15) is 9.59 Å². The summed E-state index contributed by atoms with van der Waals surface area (Å²) >= 11 is 0. The Balaban J connectivity index is 1.47. The summed E-state index contributed by atoms with van der Waals surface area (Å²) in [6.45, 7) is 2.19. The zero-order chi connectivity index (χ0) is 18.7. The van der Waals surface area contributed by atoms with Crippen LogP contribution in [0.15, 0.2) is 42.7 Å². The predicted molar refractivity (Wildman–Crippen MR) is 96.2 cm³/mol. The van der Waals surface area contributed by atoms with Crippen molar-refractivity contribution in [3.63, 3.8) is 0 Å². The van der Waals surface area contributed by atoms with Gasteiger partial charge in [0.25, 0.3) is 11.8 Å². The summed E-state index contributed by atoms with van der Waals surface area (Å²) in [5.74, 6) is -0.997. The van der Waals surface area contributed by atoms with Gasteiger partial charge in [0, 0.05) is 43.9 Å². The molecule has 140 valence electrons. The Labute approximate surface area is 156 Å². The molecule has 0 saturated carbocycles. The summed E-state index contributed by atoms with van der Waals surface area (Å²) in [7, 11) is 0. The average molecular weight is 368 g/mol. The minimum absolute atomic E-state index is 0.131. The number of amides is 2. The van der Waals surface area contributed by atoms with Crippen LogP contribution in [0.4, 0.5) is 5.82 Å². The topological polar surface area (TPSA) is 93.7 Å². The van der Waals surface area contributed by atoms with Crippen LogP contribution in [-0.2, 0) is 9.47 Å². The van der Waals surface area contributed by atoms with Crippen LogP contribution in [0.2, 0.25) is 0 Å². The molecule has 0 radical (unpaired) electrons. The van der Waals surface area contributed by atoms with Crippen LogP contribution >= 0.6 is 0 Å². The van der Waals surface area contributed by atoms with E-state index in [1.807, 2.05) is 6.07 Å². The van der Waals surface area contributed by atoms with Gasteiger partial charge in [-0.05, 0) is 12.1 Å². The first-order chi connectivity index (χ1) is 13.2. The SMILES string of the molecule is O=C(Nc1nccnc1C(=O)N1CCC2(CC1)OCCO2)c1ccccc1. The fourth-order valence-corrected chi connectivity index (χ4v) is 3.34. The molecule has 1 spiro atoms. The molecule has 8 nitrogen and oxygen atoms in total. The first kappa shape index (κ1) is 17.6. The van der Waals surface area contributed by atoms with E-state index in [4.69, 9.17) is 9.47 Å². The van der Waals surface area contributed by atoms with Crippen molar-refractivity contribution >= 4 is 17.6 Å². The highest BCUT2D eigenvalue weighted by Crippen LogP contribution is 2.31. The third kappa shape index (κ3) is 3.67. The number of carbonyl (C=O) groups excluding carboxylic acids is 2. The Morgan fingerprint density at radius 1 is 1.00 bits per heavy atom. The van der Waals surface area contributed by atoms with Gasteiger partial charge in [0.15, 0.2) is 17.3 Å². The number of anilines is 1. The maximum Gasteiger partial charge on any atom is 0.276 e. The molecule has 2 aliphatic rings. The molecule has 1 N–H and O–H groups in total. The van der Waals surface area contributed by atoms with Crippen LogP contribution in [0.3, 0.4) is 0 Å². The van der Waals surface area contributed by atoms with Gasteiger partial charge in [-0.1, -0.05) is 18.2 Å². The Bertz CT molecular complexity index is 827. The van der Waals surface area contributed by atoms with Crippen LogP contribution in [0.25, 0.3) is 0 Å². The van der Waals surface area contributed by atoms with Crippen LogP contribution < -0.4 is 5.32 Å². The number of nitrogens with one attached hydrogen (secondary N) is 1. The fourth-order valence-electron chi connectivity index (χ4n) is 3.34. The first-order valence-electron chi connectivity index (χ1n) is 8.91. The highest BCUT2D eigenvalue weighted by molar-refractivity contribution is 6.07. The molecule has 8 heteroatoms. The van der Waals surface area contributed by atoms with Crippen molar-refractivity contribution < 1.29 is 19.1 Å². The summed E-state index contributed by atoms with van der Waals surface area (Å²) in [5.41, 5.74) is 0.614. The number of ether oxygens (including phenoxy) is 2. The molecule has 3 heterocycles. The summed E-state index contributed by atoms with van der Waals surface area (Å²) in [4.78, 5) is 35.3. The van der Waals surface area contributed by atoms with E-state index < -0.39 is 5.79 Å². The van der Waals surface area contributed by atoms with Gasteiger partial charge in [0.2, 0.25) is 0 Å². The molecule has 2 aromatic rings. The van der Waals surface area contributed by atoms with Crippen LogP contribution in [0, 0.1) is 0 Å². The van der Waals surface area contributed by atoms with Gasteiger partial charge >= 0.3 is 0 Å². The molecule has 2 aliphatic heterocycles. The van der Waals surface area contributed by atoms with Crippen molar-refractivity contribution in [1.82, 2.24) is 14.9 Å². The van der Waals surface area contributed by atoms with Gasteiger partial charge in [-0.15, -0.1) is 0 Å². The van der Waals surface area contributed by atoms with E-state index >= 15 is 0 Å². The maximum atomic E-state index is 12.9. The monoisotopic (exact) mass is 368 g/mol. The lowest BCUT2D eigenvalue weighted by atomic mass is 10.0. The van der Waals surface area contributed by atoms with E-state index in [0.717, 1.165) is 0 Å². The molecule has 0 unspecified atom stereocenters. The van der Waals surface area contributed by atoms with Crippen molar-refractivity contribution in [3.05, 3.63) is 54.0 Å². The first-order valence-corrected chi connectivity index (χ1v) is 8.91. The number of hydrogen-bond donors (Lipinski definition) is 1. The van der Waals surface area contributed by atoms with Gasteiger partial charge in [-0.3, -0.25) is 9.59 Å². The number of likely N-dealkylation sites (tertiary alicyclic amines) is 1. The number of carbonyl (C=O) groups is 2. The standard InChI is InChI=1S/C19H20N4O4/c24-17(14-4-2-1-3-5-14)22-16-15(20-8-9-21-16)18(25)23-10-6-19(7-11-23)26-12-13-27-19/h1-5,8-9H,6-7,10-13H2,(H,21,22,24). The maximum absolute atomic E-state index is 12.9. The van der Waals surface area contributed by atoms with Gasteiger partial charge in [-0.2, -0.15) is 0 Å². The summed E-state index contributed by atoms with van der Waals surface area (Å²) < 4.78 is 11.4. The predicted octanol–water partition coefficient (Wildman–Crippen LogP) is 1.71. The molecule has 2 amide bonds. The third-order valence-corrected chi connectivity index (χ3v) is 4.79. The normalized spacial score (nSPS) is 18.4. The Kier molecular flexibility index (Phi) is 4.83. The zero-order valence-corrected chi connectivity index (χ0v) is 14.8. The second kappa shape index (κ2) is 7.42. The van der Waals surface area contributed by atoms with Crippen molar-refractivity contribution in [3.8, 4) is 0 Å². The van der Waals surface area contributed by atoms with E-state index in [2.05, 4.69) is 15.3 Å². The number of nitrogens with zero attached hydrogens (tertiary/aromatic N) is 3. The lowest BCUT2D eigenvalue weighted by Gasteiger charge is -2.37. The van der Waals surface area contributed by atoms with Gasteiger partial charge in [0.1, 0.15) is 0 Å². The fraction of sp³-hybridized carbons (Fsp3) is 0.368. The summed E-state index contributed by atoms with van der Waals surface area (Å²) in [6.07, 6.45) is 4.12. The number of hydrogen-bond acceptors (Lipinski definition) is 6. The van der Waals surface area contributed by atoms with E-state index in [-0.39, 0.29) is 23.3 Å². The lowest BCUT2D eigenvalue weighted by Crippen LogP contribution is -2.47. The largest absolute Gasteiger partial charge is 0.347 e. The van der Waals surface area contributed by atoms with Gasteiger partial charge in [0.05, 0.1) is 13.2 Å². The van der Waals surface area contributed by atoms with E-state index in [1.54, 1.807) is 29.2 Å². The second-order valence-corrected chi connectivity index (χ2v) is 6.47. The smallest absolute Gasteiger partial charge is 0.276 e. The molecule has 2 fully saturated rings. The van der Waals surface area contributed by atoms with Crippen molar-refractivity contribution in [2.45, 2.75) is 18.6 Å². The number of rotatable bonds is 3. The minimum Gasteiger partial charge on any atom is -0.347 e. The quantitative estimate of drug-likeness (QED) is 0.886. The molecule has 0 bridgehead atoms. The number of benzene rings is 1. The van der Waals surface area contributed by atoms with E-state index in [0.29, 0.717) is 44.7 Å². The minimum atomic E-state index is -0.552. The van der Waals surface area contributed by atoms with Crippen molar-refractivity contribution in [1.29, 1.82) is 0 Å². The van der Waals surface area contributed by atoms with Gasteiger partial charge < -0.3 is 19.7 Å². The average Bonchev–Trinajstić information content (AvgIpc) is 3.17. The summed E-state index contributed by atoms with van der Waals surface area (Å²) in [6, 6.07) is 8.76. The molecule has 0 atom stereocenters. The number of aromatic nitrogens is 2. The van der Waals surface area contributed by atoms with Crippen LogP contribution in [-0.4, -0.2) is 58.8 Å². The Hall–Kier alpha value is -2.84. The number of piperidine rings is 1. The van der Waals surface area contributed by atoms with E-state index in [1.165, 1.54) is 12.4 Å². The molecular formula is C19H20N4O4. The Morgan fingerprint density at radius 2 is 1.67 bits per heavy atom. The van der Waals surface area contributed by atoms with Crippen molar-refractivity contribution in [2.24, 2.45) is 0 Å².